The monoisotopic (exact) mass is 310 g/mol. The number of rotatable bonds is 4. The van der Waals surface area contributed by atoms with Crippen molar-refractivity contribution in [3.05, 3.63) is 35.4 Å². The van der Waals surface area contributed by atoms with E-state index in [1.165, 1.54) is 12.1 Å². The van der Waals surface area contributed by atoms with Gasteiger partial charge in [0.1, 0.15) is 6.07 Å². The van der Waals surface area contributed by atoms with Gasteiger partial charge in [-0.15, -0.1) is 0 Å². The number of allylic oxidation sites excluding steroid dienone is 2. The quantitative estimate of drug-likeness (QED) is 0.865. The molecule has 2 rings (SSSR count). The topological polar surface area (TPSA) is 51.4 Å². The predicted molar refractivity (Wildman–Crippen MR) is 97.7 cm³/mol. The van der Waals surface area contributed by atoms with E-state index in [4.69, 9.17) is 0 Å². The van der Waals surface area contributed by atoms with Gasteiger partial charge in [0, 0.05) is 31.0 Å². The van der Waals surface area contributed by atoms with Crippen molar-refractivity contribution in [3.8, 4) is 6.07 Å². The van der Waals surface area contributed by atoms with Crippen molar-refractivity contribution in [2.75, 3.05) is 25.0 Å². The number of nitriles is 1. The van der Waals surface area contributed by atoms with Gasteiger partial charge in [0.25, 0.3) is 0 Å². The van der Waals surface area contributed by atoms with Crippen LogP contribution in [0.3, 0.4) is 0 Å². The molecule has 1 fully saturated rings. The number of nitrogens with zero attached hydrogens (tertiary/aromatic N) is 3. The largest absolute Gasteiger partial charge is 0.369 e. The van der Waals surface area contributed by atoms with Crippen LogP contribution in [0.4, 0.5) is 11.4 Å². The minimum absolute atomic E-state index is 0.503. The molecule has 4 nitrogen and oxygen atoms in total. The summed E-state index contributed by atoms with van der Waals surface area (Å²) in [6, 6.07) is 6.71. The smallest absolute Gasteiger partial charge is 0.101 e. The fourth-order valence-electron chi connectivity index (χ4n) is 3.25. The molecule has 23 heavy (non-hydrogen) atoms. The summed E-state index contributed by atoms with van der Waals surface area (Å²) in [4.78, 5) is 6.92. The fourth-order valence-corrected chi connectivity index (χ4v) is 3.25. The third kappa shape index (κ3) is 4.00. The highest BCUT2D eigenvalue weighted by Crippen LogP contribution is 2.34. The molecule has 2 atom stereocenters. The van der Waals surface area contributed by atoms with Crippen LogP contribution in [0.2, 0.25) is 0 Å². The Kier molecular flexibility index (Phi) is 5.95. The molecule has 0 spiro atoms. The summed E-state index contributed by atoms with van der Waals surface area (Å²) in [7, 11) is 2.03. The molecule has 122 valence electrons. The van der Waals surface area contributed by atoms with Gasteiger partial charge in [-0.2, -0.15) is 5.26 Å². The molecule has 1 aromatic rings. The highest BCUT2D eigenvalue weighted by atomic mass is 15.2. The Morgan fingerprint density at radius 2 is 2.17 bits per heavy atom. The lowest BCUT2D eigenvalue weighted by atomic mass is 9.94. The van der Waals surface area contributed by atoms with Crippen molar-refractivity contribution in [2.45, 2.75) is 33.2 Å². The van der Waals surface area contributed by atoms with Crippen LogP contribution in [0.5, 0.6) is 0 Å². The molecule has 0 amide bonds. The Hall–Kier alpha value is -2.12. The van der Waals surface area contributed by atoms with Crippen molar-refractivity contribution < 1.29 is 0 Å². The molecule has 1 N–H and O–H groups in total. The van der Waals surface area contributed by atoms with E-state index >= 15 is 0 Å². The van der Waals surface area contributed by atoms with Crippen LogP contribution in [0.25, 0.3) is 0 Å². The zero-order valence-electron chi connectivity index (χ0n) is 14.5. The van der Waals surface area contributed by atoms with Crippen molar-refractivity contribution >= 4 is 17.6 Å². The number of aliphatic imine (C=N–C) groups is 1. The molecule has 1 saturated heterocycles. The third-order valence-electron chi connectivity index (χ3n) is 4.41. The van der Waals surface area contributed by atoms with Crippen LogP contribution in [0, 0.1) is 24.2 Å². The number of hydrogen-bond acceptors (Lipinski definition) is 4. The first kappa shape index (κ1) is 17.2. The van der Waals surface area contributed by atoms with Gasteiger partial charge in [-0.3, -0.25) is 4.99 Å². The van der Waals surface area contributed by atoms with Crippen LogP contribution >= 0.6 is 0 Å². The third-order valence-corrected chi connectivity index (χ3v) is 4.41. The average molecular weight is 310 g/mol. The van der Waals surface area contributed by atoms with Gasteiger partial charge in [0.2, 0.25) is 0 Å². The van der Waals surface area contributed by atoms with Crippen molar-refractivity contribution in [1.82, 2.24) is 5.32 Å². The Morgan fingerprint density at radius 1 is 1.39 bits per heavy atom. The number of likely N-dealkylation sites (N-methyl/N-ethyl adjacent to an activating group) is 1. The SMILES string of the molecule is C/C=C/C=Nc1c(C#N)ccc(N2C[C@@H](C)C[C@@H](NC)C2)c1C. The van der Waals surface area contributed by atoms with E-state index in [0.717, 1.165) is 24.3 Å². The second kappa shape index (κ2) is 7.94. The molecule has 0 saturated carbocycles. The predicted octanol–water partition coefficient (Wildman–Crippen LogP) is 3.58. The van der Waals surface area contributed by atoms with E-state index < -0.39 is 0 Å². The molecule has 4 heteroatoms. The van der Waals surface area contributed by atoms with Gasteiger partial charge in [-0.1, -0.05) is 13.0 Å². The summed E-state index contributed by atoms with van der Waals surface area (Å²) < 4.78 is 0. The molecule has 0 aromatic heterocycles. The van der Waals surface area contributed by atoms with Crippen LogP contribution in [-0.2, 0) is 0 Å². The summed E-state index contributed by atoms with van der Waals surface area (Å²) in [5, 5.41) is 12.8. The molecular formula is C19H26N4. The first-order chi connectivity index (χ1) is 11.1. The molecule has 0 unspecified atom stereocenters. The van der Waals surface area contributed by atoms with Gasteiger partial charge in [0.05, 0.1) is 11.3 Å². The normalized spacial score (nSPS) is 22.0. The Labute approximate surface area is 139 Å². The first-order valence-corrected chi connectivity index (χ1v) is 8.22. The van der Waals surface area contributed by atoms with E-state index in [1.54, 1.807) is 6.21 Å². The minimum atomic E-state index is 0.503. The zero-order chi connectivity index (χ0) is 16.8. The molecule has 1 aliphatic rings. The maximum atomic E-state index is 9.36. The van der Waals surface area contributed by atoms with Crippen molar-refractivity contribution in [3.63, 3.8) is 0 Å². The minimum Gasteiger partial charge on any atom is -0.369 e. The van der Waals surface area contributed by atoms with Gasteiger partial charge in [-0.05, 0) is 57.0 Å². The maximum absolute atomic E-state index is 9.36. The van der Waals surface area contributed by atoms with Crippen molar-refractivity contribution in [2.24, 2.45) is 10.9 Å². The van der Waals surface area contributed by atoms with Crippen molar-refractivity contribution in [1.29, 1.82) is 5.26 Å². The highest BCUT2D eigenvalue weighted by Gasteiger charge is 2.25. The number of anilines is 1. The van der Waals surface area contributed by atoms with E-state index in [2.05, 4.69) is 41.2 Å². The van der Waals surface area contributed by atoms with Crippen LogP contribution in [0.1, 0.15) is 31.4 Å². The van der Waals surface area contributed by atoms with Crippen LogP contribution in [0.15, 0.2) is 29.3 Å². The van der Waals surface area contributed by atoms with Gasteiger partial charge >= 0.3 is 0 Å². The highest BCUT2D eigenvalue weighted by molar-refractivity contribution is 5.79. The second-order valence-electron chi connectivity index (χ2n) is 6.25. The molecule has 1 aliphatic heterocycles. The lowest BCUT2D eigenvalue weighted by molar-refractivity contribution is 0.366. The Morgan fingerprint density at radius 3 is 2.83 bits per heavy atom. The van der Waals surface area contributed by atoms with E-state index in [-0.39, 0.29) is 0 Å². The number of nitrogens with one attached hydrogen (secondary N) is 1. The van der Waals surface area contributed by atoms with Gasteiger partial charge < -0.3 is 10.2 Å². The fraction of sp³-hybridized carbons (Fsp3) is 0.474. The molecular weight excluding hydrogens is 284 g/mol. The van der Waals surface area contributed by atoms with Gasteiger partial charge in [0.15, 0.2) is 0 Å². The zero-order valence-corrected chi connectivity index (χ0v) is 14.5. The summed E-state index contributed by atoms with van der Waals surface area (Å²) >= 11 is 0. The Bertz CT molecular complexity index is 640. The molecule has 0 bridgehead atoms. The lowest BCUT2D eigenvalue weighted by Gasteiger charge is -2.38. The maximum Gasteiger partial charge on any atom is 0.101 e. The molecule has 0 aliphatic carbocycles. The van der Waals surface area contributed by atoms with E-state index in [9.17, 15) is 5.26 Å². The summed E-state index contributed by atoms with van der Waals surface area (Å²) in [6.45, 7) is 8.34. The number of hydrogen-bond donors (Lipinski definition) is 1. The number of benzene rings is 1. The Balaban J connectivity index is 2.39. The lowest BCUT2D eigenvalue weighted by Crippen LogP contribution is -2.47. The number of piperidine rings is 1. The van der Waals surface area contributed by atoms with E-state index in [0.29, 0.717) is 17.5 Å². The second-order valence-corrected chi connectivity index (χ2v) is 6.25. The molecule has 1 heterocycles. The first-order valence-electron chi connectivity index (χ1n) is 8.22. The average Bonchev–Trinajstić information content (AvgIpc) is 2.55. The molecule has 0 radical (unpaired) electrons. The van der Waals surface area contributed by atoms with Crippen LogP contribution in [-0.4, -0.2) is 32.4 Å². The van der Waals surface area contributed by atoms with E-state index in [1.807, 2.05) is 32.2 Å². The molecule has 1 aromatic carbocycles. The van der Waals surface area contributed by atoms with Crippen LogP contribution < -0.4 is 10.2 Å². The summed E-state index contributed by atoms with van der Waals surface area (Å²) in [5.74, 6) is 0.645. The summed E-state index contributed by atoms with van der Waals surface area (Å²) in [5.41, 5.74) is 3.67. The summed E-state index contributed by atoms with van der Waals surface area (Å²) in [6.07, 6.45) is 6.77. The standard InChI is InChI=1S/C19H26N4/c1-5-6-9-22-19-15(3)18(8-7-16(19)11-20)23-12-14(2)10-17(13-23)21-4/h5-9,14,17,21H,10,12-13H2,1-4H3/b6-5+,22-9?/t14-,17+/m0/s1. The van der Waals surface area contributed by atoms with Gasteiger partial charge in [-0.25, -0.2) is 0 Å².